The number of thiazole rings is 1. The quantitative estimate of drug-likeness (QED) is 0.394. The molecule has 0 amide bonds. The van der Waals surface area contributed by atoms with Crippen molar-refractivity contribution in [3.05, 3.63) is 114 Å². The fourth-order valence-electron chi connectivity index (χ4n) is 4.29. The first-order chi connectivity index (χ1) is 16.5. The van der Waals surface area contributed by atoms with Gasteiger partial charge in [0.2, 0.25) is 0 Å². The van der Waals surface area contributed by atoms with Crippen LogP contribution in [0.25, 0.3) is 16.8 Å². The van der Waals surface area contributed by atoms with E-state index < -0.39 is 12.0 Å². The molecular weight excluding hydrogens is 468 g/mol. The number of hydrogen-bond acceptors (Lipinski definition) is 5. The Labute approximate surface area is 204 Å². The lowest BCUT2D eigenvalue weighted by atomic mass is 9.91. The number of halogens is 1. The maximum absolute atomic E-state index is 13.7. The smallest absolute Gasteiger partial charge is 0.338 e. The van der Waals surface area contributed by atoms with E-state index in [1.165, 1.54) is 11.3 Å². The molecule has 0 bridgehead atoms. The molecule has 1 aliphatic rings. The molecule has 0 spiro atoms. The number of rotatable bonds is 4. The monoisotopic (exact) mass is 488 g/mol. The summed E-state index contributed by atoms with van der Waals surface area (Å²) in [5, 5.41) is 2.63. The second-order valence-electron chi connectivity index (χ2n) is 7.92. The normalized spacial score (nSPS) is 15.9. The van der Waals surface area contributed by atoms with Crippen molar-refractivity contribution in [2.45, 2.75) is 19.9 Å². The number of ether oxygens (including phenoxy) is 1. The van der Waals surface area contributed by atoms with E-state index in [0.29, 0.717) is 25.6 Å². The maximum Gasteiger partial charge on any atom is 0.338 e. The van der Waals surface area contributed by atoms with E-state index in [4.69, 9.17) is 16.3 Å². The van der Waals surface area contributed by atoms with Gasteiger partial charge in [0.05, 0.1) is 28.5 Å². The van der Waals surface area contributed by atoms with Crippen LogP contribution in [0.4, 0.5) is 0 Å². The lowest BCUT2D eigenvalue weighted by Crippen LogP contribution is -2.40. The summed E-state index contributed by atoms with van der Waals surface area (Å²) in [6.07, 6.45) is 1.82. The Bertz CT molecular complexity index is 1630. The molecular formula is C27H21ClN2O3S. The Hall–Kier alpha value is -3.48. The molecule has 34 heavy (non-hydrogen) atoms. The zero-order valence-corrected chi connectivity index (χ0v) is 20.2. The fraction of sp³-hybridized carbons (Fsp3) is 0.148. The third-order valence-corrected chi connectivity index (χ3v) is 7.04. The predicted molar refractivity (Wildman–Crippen MR) is 136 cm³/mol. The van der Waals surface area contributed by atoms with Crippen molar-refractivity contribution in [2.75, 3.05) is 6.61 Å². The molecule has 5 rings (SSSR count). The van der Waals surface area contributed by atoms with Crippen molar-refractivity contribution in [2.24, 2.45) is 4.99 Å². The molecule has 3 aromatic carbocycles. The van der Waals surface area contributed by atoms with Gasteiger partial charge in [0.1, 0.15) is 0 Å². The van der Waals surface area contributed by atoms with Gasteiger partial charge in [0.25, 0.3) is 5.56 Å². The van der Waals surface area contributed by atoms with Gasteiger partial charge in [-0.1, -0.05) is 77.5 Å². The number of fused-ring (bicyclic) bond motifs is 2. The van der Waals surface area contributed by atoms with Gasteiger partial charge in [0.15, 0.2) is 4.80 Å². The average Bonchev–Trinajstić information content (AvgIpc) is 3.13. The second kappa shape index (κ2) is 9.05. The minimum absolute atomic E-state index is 0.203. The number of nitrogens with zero attached hydrogens (tertiary/aromatic N) is 2. The molecule has 0 saturated heterocycles. The van der Waals surface area contributed by atoms with Crippen molar-refractivity contribution in [1.29, 1.82) is 0 Å². The molecule has 2 heterocycles. The van der Waals surface area contributed by atoms with Gasteiger partial charge >= 0.3 is 5.97 Å². The first-order valence-electron chi connectivity index (χ1n) is 10.9. The highest BCUT2D eigenvalue weighted by molar-refractivity contribution is 7.07. The van der Waals surface area contributed by atoms with Crippen LogP contribution in [0.15, 0.2) is 87.8 Å². The molecule has 0 fully saturated rings. The van der Waals surface area contributed by atoms with E-state index >= 15 is 0 Å². The standard InChI is InChI=1S/C27H21ClN2O3S/c1-3-33-26(32)23-16(2)29-27-30(24(23)21-10-6-8-18-7-4-5-9-20(18)21)25(31)22(34-27)15-17-11-13-19(28)14-12-17/h4-15,24H,3H2,1-2H3/b22-15+/t24-/m0/s1. The third-order valence-electron chi connectivity index (χ3n) is 5.80. The van der Waals surface area contributed by atoms with Crippen molar-refractivity contribution in [3.8, 4) is 0 Å². The van der Waals surface area contributed by atoms with Crippen LogP contribution in [0.3, 0.4) is 0 Å². The van der Waals surface area contributed by atoms with Crippen LogP contribution in [0, 0.1) is 0 Å². The molecule has 1 aromatic heterocycles. The summed E-state index contributed by atoms with van der Waals surface area (Å²) >= 11 is 7.31. The highest BCUT2D eigenvalue weighted by Gasteiger charge is 2.34. The molecule has 0 N–H and O–H groups in total. The van der Waals surface area contributed by atoms with Crippen LogP contribution in [0.2, 0.25) is 5.02 Å². The number of aromatic nitrogens is 1. The van der Waals surface area contributed by atoms with E-state index in [1.807, 2.05) is 60.7 Å². The zero-order valence-electron chi connectivity index (χ0n) is 18.6. The van der Waals surface area contributed by atoms with Crippen molar-refractivity contribution >= 4 is 45.8 Å². The van der Waals surface area contributed by atoms with Gasteiger partial charge in [-0.3, -0.25) is 9.36 Å². The van der Waals surface area contributed by atoms with E-state index in [9.17, 15) is 9.59 Å². The minimum Gasteiger partial charge on any atom is -0.463 e. The number of allylic oxidation sites excluding steroid dienone is 1. The van der Waals surface area contributed by atoms with Crippen LogP contribution in [-0.4, -0.2) is 17.1 Å². The Morgan fingerprint density at radius 1 is 1.12 bits per heavy atom. The summed E-state index contributed by atoms with van der Waals surface area (Å²) in [4.78, 5) is 32.0. The molecule has 4 aromatic rings. The fourth-order valence-corrected chi connectivity index (χ4v) is 5.46. The molecule has 170 valence electrons. The summed E-state index contributed by atoms with van der Waals surface area (Å²) in [6, 6.07) is 20.5. The van der Waals surface area contributed by atoms with Crippen molar-refractivity contribution in [3.63, 3.8) is 0 Å². The van der Waals surface area contributed by atoms with Gasteiger partial charge in [-0.05, 0) is 54.0 Å². The summed E-state index contributed by atoms with van der Waals surface area (Å²) in [5.74, 6) is -0.464. The van der Waals surface area contributed by atoms with Gasteiger partial charge in [-0.15, -0.1) is 0 Å². The summed E-state index contributed by atoms with van der Waals surface area (Å²) < 4.78 is 7.55. The molecule has 1 aliphatic heterocycles. The number of carbonyl (C=O) groups excluding carboxylic acids is 1. The first-order valence-corrected chi connectivity index (χ1v) is 12.1. The number of benzene rings is 3. The molecule has 0 radical (unpaired) electrons. The molecule has 7 heteroatoms. The van der Waals surface area contributed by atoms with Crippen LogP contribution >= 0.6 is 22.9 Å². The third kappa shape index (κ3) is 3.89. The summed E-state index contributed by atoms with van der Waals surface area (Å²) in [7, 11) is 0. The number of hydrogen-bond donors (Lipinski definition) is 0. The topological polar surface area (TPSA) is 60.7 Å². The largest absolute Gasteiger partial charge is 0.463 e. The molecule has 0 aliphatic carbocycles. The van der Waals surface area contributed by atoms with Crippen molar-refractivity contribution in [1.82, 2.24) is 4.57 Å². The van der Waals surface area contributed by atoms with E-state index in [-0.39, 0.29) is 12.2 Å². The van der Waals surface area contributed by atoms with Gasteiger partial charge in [-0.2, -0.15) is 0 Å². The van der Waals surface area contributed by atoms with Gasteiger partial charge in [0, 0.05) is 5.02 Å². The summed E-state index contributed by atoms with van der Waals surface area (Å²) in [6.45, 7) is 3.79. The van der Waals surface area contributed by atoms with E-state index in [2.05, 4.69) is 4.99 Å². The summed E-state index contributed by atoms with van der Waals surface area (Å²) in [5.41, 5.74) is 2.44. The van der Waals surface area contributed by atoms with Crippen molar-refractivity contribution < 1.29 is 9.53 Å². The maximum atomic E-state index is 13.7. The lowest BCUT2D eigenvalue weighted by Gasteiger charge is -2.25. The Balaban J connectivity index is 1.80. The molecule has 0 unspecified atom stereocenters. The second-order valence-corrected chi connectivity index (χ2v) is 9.37. The van der Waals surface area contributed by atoms with Crippen LogP contribution < -0.4 is 14.9 Å². The number of carbonyl (C=O) groups is 1. The highest BCUT2D eigenvalue weighted by atomic mass is 35.5. The van der Waals surface area contributed by atoms with E-state index in [1.54, 1.807) is 30.5 Å². The van der Waals surface area contributed by atoms with Gasteiger partial charge in [-0.25, -0.2) is 9.79 Å². The Morgan fingerprint density at radius 2 is 1.85 bits per heavy atom. The predicted octanol–water partition coefficient (Wildman–Crippen LogP) is 4.60. The Kier molecular flexibility index (Phi) is 5.94. The number of esters is 1. The molecule has 1 atom stereocenters. The Morgan fingerprint density at radius 3 is 2.62 bits per heavy atom. The zero-order chi connectivity index (χ0) is 23.8. The highest BCUT2D eigenvalue weighted by Crippen LogP contribution is 2.34. The lowest BCUT2D eigenvalue weighted by molar-refractivity contribution is -0.139. The van der Waals surface area contributed by atoms with Crippen LogP contribution in [-0.2, 0) is 9.53 Å². The SMILES string of the molecule is CCOC(=O)C1=C(C)N=c2s/c(=C/c3ccc(Cl)cc3)c(=O)n2[C@H]1c1cccc2ccccc12. The van der Waals surface area contributed by atoms with Crippen LogP contribution in [0.5, 0.6) is 0 Å². The van der Waals surface area contributed by atoms with Gasteiger partial charge < -0.3 is 4.74 Å². The van der Waals surface area contributed by atoms with E-state index in [0.717, 1.165) is 21.9 Å². The first kappa shape index (κ1) is 22.3. The minimum atomic E-state index is -0.645. The average molecular weight is 489 g/mol. The molecule has 5 nitrogen and oxygen atoms in total. The van der Waals surface area contributed by atoms with Crippen LogP contribution in [0.1, 0.15) is 31.0 Å². The molecule has 0 saturated carbocycles.